The number of hydrogen-bond donors (Lipinski definition) is 0. The average Bonchev–Trinajstić information content (AvgIpc) is 3.34. The van der Waals surface area contributed by atoms with Crippen molar-refractivity contribution in [3.8, 4) is 0 Å². The Balaban J connectivity index is 1.28. The van der Waals surface area contributed by atoms with Crippen LogP contribution in [0.1, 0.15) is 54.3 Å². The normalized spacial score (nSPS) is 26.7. The Bertz CT molecular complexity index is 575. The van der Waals surface area contributed by atoms with Gasteiger partial charge in [0.25, 0.3) is 5.91 Å². The Labute approximate surface area is 143 Å². The van der Waals surface area contributed by atoms with Gasteiger partial charge in [-0.15, -0.1) is 0 Å². The number of likely N-dealkylation sites (tertiary alicyclic amines) is 1. The number of rotatable bonds is 4. The lowest BCUT2D eigenvalue weighted by Crippen LogP contribution is -2.53. The van der Waals surface area contributed by atoms with Crippen molar-refractivity contribution < 1.29 is 9.32 Å². The topological polar surface area (TPSA) is 52.8 Å². The zero-order valence-electron chi connectivity index (χ0n) is 14.6. The molecule has 3 fully saturated rings. The van der Waals surface area contributed by atoms with Gasteiger partial charge < -0.3 is 14.3 Å². The summed E-state index contributed by atoms with van der Waals surface area (Å²) in [5.74, 6) is 1.42. The molecule has 1 aliphatic carbocycles. The van der Waals surface area contributed by atoms with Crippen LogP contribution in [-0.4, -0.2) is 78.1 Å². The van der Waals surface area contributed by atoms with Crippen LogP contribution < -0.4 is 0 Å². The van der Waals surface area contributed by atoms with Crippen LogP contribution in [0.25, 0.3) is 0 Å². The maximum absolute atomic E-state index is 12.6. The molecule has 0 spiro atoms. The van der Waals surface area contributed by atoms with Crippen molar-refractivity contribution in [1.82, 2.24) is 19.9 Å². The van der Waals surface area contributed by atoms with Gasteiger partial charge in [-0.05, 0) is 39.3 Å². The Morgan fingerprint density at radius 3 is 2.67 bits per heavy atom. The van der Waals surface area contributed by atoms with Crippen LogP contribution in [0.3, 0.4) is 0 Å². The second-order valence-electron chi connectivity index (χ2n) is 7.61. The van der Waals surface area contributed by atoms with E-state index in [9.17, 15) is 4.79 Å². The first kappa shape index (κ1) is 16.1. The van der Waals surface area contributed by atoms with Gasteiger partial charge in [-0.1, -0.05) is 11.6 Å². The Hall–Kier alpha value is -1.40. The lowest BCUT2D eigenvalue weighted by Gasteiger charge is -2.40. The summed E-state index contributed by atoms with van der Waals surface area (Å²) in [6.45, 7) is 5.86. The van der Waals surface area contributed by atoms with Crippen LogP contribution in [-0.2, 0) is 0 Å². The van der Waals surface area contributed by atoms with Crippen molar-refractivity contribution in [2.75, 3.05) is 46.3 Å². The van der Waals surface area contributed by atoms with Gasteiger partial charge in [0.15, 0.2) is 5.69 Å². The first-order valence-corrected chi connectivity index (χ1v) is 9.39. The molecule has 0 unspecified atom stereocenters. The third-order valence-corrected chi connectivity index (χ3v) is 5.78. The zero-order chi connectivity index (χ0) is 16.5. The second kappa shape index (κ2) is 6.84. The molecule has 1 amide bonds. The SMILES string of the molecule is CN1CCCC[C@@H]1CN1CCN(C(=O)c2cc(C3CC3)on2)CC1. The molecule has 1 atom stereocenters. The van der Waals surface area contributed by atoms with Crippen LogP contribution >= 0.6 is 0 Å². The highest BCUT2D eigenvalue weighted by Gasteiger charge is 2.31. The lowest BCUT2D eigenvalue weighted by atomic mass is 10.0. The zero-order valence-corrected chi connectivity index (χ0v) is 14.6. The van der Waals surface area contributed by atoms with E-state index < -0.39 is 0 Å². The number of hydrogen-bond acceptors (Lipinski definition) is 5. The van der Waals surface area contributed by atoms with E-state index in [0.29, 0.717) is 17.7 Å². The van der Waals surface area contributed by atoms with E-state index in [1.807, 2.05) is 11.0 Å². The van der Waals surface area contributed by atoms with Gasteiger partial charge in [0, 0.05) is 50.7 Å². The van der Waals surface area contributed by atoms with E-state index in [-0.39, 0.29) is 5.91 Å². The first-order valence-electron chi connectivity index (χ1n) is 9.39. The monoisotopic (exact) mass is 332 g/mol. The summed E-state index contributed by atoms with van der Waals surface area (Å²) in [4.78, 5) is 19.5. The van der Waals surface area contributed by atoms with Crippen LogP contribution in [0.2, 0.25) is 0 Å². The molecule has 6 nitrogen and oxygen atoms in total. The summed E-state index contributed by atoms with van der Waals surface area (Å²) >= 11 is 0. The van der Waals surface area contributed by atoms with E-state index in [1.165, 1.54) is 25.8 Å². The van der Waals surface area contributed by atoms with Crippen LogP contribution in [0.5, 0.6) is 0 Å². The predicted molar refractivity (Wildman–Crippen MR) is 91.1 cm³/mol. The molecular formula is C18H28N4O2. The number of aromatic nitrogens is 1. The van der Waals surface area contributed by atoms with Crippen molar-refractivity contribution in [2.24, 2.45) is 0 Å². The van der Waals surface area contributed by atoms with Crippen molar-refractivity contribution in [1.29, 1.82) is 0 Å². The third-order valence-electron chi connectivity index (χ3n) is 5.78. The van der Waals surface area contributed by atoms with Gasteiger partial charge in [0.1, 0.15) is 5.76 Å². The number of likely N-dealkylation sites (N-methyl/N-ethyl adjacent to an activating group) is 1. The number of nitrogens with zero attached hydrogens (tertiary/aromatic N) is 4. The number of piperidine rings is 1. The maximum atomic E-state index is 12.6. The molecule has 0 bridgehead atoms. The molecular weight excluding hydrogens is 304 g/mol. The fraction of sp³-hybridized carbons (Fsp3) is 0.778. The van der Waals surface area contributed by atoms with Gasteiger partial charge in [-0.25, -0.2) is 0 Å². The van der Waals surface area contributed by atoms with Crippen molar-refractivity contribution in [2.45, 2.75) is 44.1 Å². The molecule has 0 aromatic carbocycles. The summed E-state index contributed by atoms with van der Waals surface area (Å²) in [5, 5.41) is 3.99. The van der Waals surface area contributed by atoms with Crippen molar-refractivity contribution in [3.63, 3.8) is 0 Å². The van der Waals surface area contributed by atoms with E-state index in [4.69, 9.17) is 4.52 Å². The molecule has 132 valence electrons. The molecule has 2 aliphatic heterocycles. The number of carbonyl (C=O) groups is 1. The van der Waals surface area contributed by atoms with E-state index in [0.717, 1.165) is 51.3 Å². The number of piperazine rings is 1. The molecule has 1 aromatic rings. The highest BCUT2D eigenvalue weighted by molar-refractivity contribution is 5.92. The number of carbonyl (C=O) groups excluding carboxylic acids is 1. The Kier molecular flexibility index (Phi) is 4.59. The van der Waals surface area contributed by atoms with Crippen LogP contribution in [0.15, 0.2) is 10.6 Å². The molecule has 1 aromatic heterocycles. The fourth-order valence-electron chi connectivity index (χ4n) is 3.92. The largest absolute Gasteiger partial charge is 0.360 e. The first-order chi connectivity index (χ1) is 11.7. The highest BCUT2D eigenvalue weighted by Crippen LogP contribution is 2.40. The Morgan fingerprint density at radius 1 is 1.17 bits per heavy atom. The van der Waals surface area contributed by atoms with Gasteiger partial charge in [0.05, 0.1) is 0 Å². The van der Waals surface area contributed by atoms with Crippen LogP contribution in [0, 0.1) is 0 Å². The lowest BCUT2D eigenvalue weighted by molar-refractivity contribution is 0.0556. The molecule has 6 heteroatoms. The van der Waals surface area contributed by atoms with E-state index in [1.54, 1.807) is 0 Å². The molecule has 0 radical (unpaired) electrons. The quantitative estimate of drug-likeness (QED) is 0.841. The minimum Gasteiger partial charge on any atom is -0.360 e. The molecule has 2 saturated heterocycles. The van der Waals surface area contributed by atoms with Gasteiger partial charge in [0.2, 0.25) is 0 Å². The molecule has 3 aliphatic rings. The summed E-state index contributed by atoms with van der Waals surface area (Å²) in [6, 6.07) is 2.53. The molecule has 1 saturated carbocycles. The molecule has 0 N–H and O–H groups in total. The van der Waals surface area contributed by atoms with Crippen molar-refractivity contribution in [3.05, 3.63) is 17.5 Å². The minimum absolute atomic E-state index is 0.0279. The summed E-state index contributed by atoms with van der Waals surface area (Å²) in [5.41, 5.74) is 0.484. The molecule has 3 heterocycles. The van der Waals surface area contributed by atoms with Crippen molar-refractivity contribution >= 4 is 5.91 Å². The van der Waals surface area contributed by atoms with Gasteiger partial charge >= 0.3 is 0 Å². The predicted octanol–water partition coefficient (Wildman–Crippen LogP) is 1.79. The maximum Gasteiger partial charge on any atom is 0.276 e. The molecule has 24 heavy (non-hydrogen) atoms. The molecule has 4 rings (SSSR count). The second-order valence-corrected chi connectivity index (χ2v) is 7.61. The average molecular weight is 332 g/mol. The smallest absolute Gasteiger partial charge is 0.276 e. The summed E-state index contributed by atoms with van der Waals surface area (Å²) < 4.78 is 5.32. The fourth-order valence-corrected chi connectivity index (χ4v) is 3.92. The highest BCUT2D eigenvalue weighted by atomic mass is 16.5. The van der Waals surface area contributed by atoms with Gasteiger partial charge in [-0.2, -0.15) is 0 Å². The van der Waals surface area contributed by atoms with E-state index >= 15 is 0 Å². The minimum atomic E-state index is 0.0279. The number of amides is 1. The van der Waals surface area contributed by atoms with E-state index in [2.05, 4.69) is 22.0 Å². The third kappa shape index (κ3) is 3.49. The van der Waals surface area contributed by atoms with Crippen LogP contribution in [0.4, 0.5) is 0 Å². The Morgan fingerprint density at radius 2 is 1.96 bits per heavy atom. The van der Waals surface area contributed by atoms with Gasteiger partial charge in [-0.3, -0.25) is 9.69 Å². The summed E-state index contributed by atoms with van der Waals surface area (Å²) in [6.07, 6.45) is 6.31. The standard InChI is InChI=1S/C18H28N4O2/c1-20-7-3-2-4-15(20)13-21-8-10-22(11-9-21)18(23)16-12-17(24-19-16)14-5-6-14/h12,14-15H,2-11,13H2,1H3/t15-/m1/s1. The summed E-state index contributed by atoms with van der Waals surface area (Å²) in [7, 11) is 2.24.